The first kappa shape index (κ1) is 9.46. The molecule has 0 saturated heterocycles. The molecule has 0 bridgehead atoms. The number of halogens is 1. The largest absolute Gasteiger partial charge is 0.493 e. The first-order valence-corrected chi connectivity index (χ1v) is 4.81. The Bertz CT molecular complexity index is 321. The van der Waals surface area contributed by atoms with E-state index < -0.39 is 0 Å². The lowest BCUT2D eigenvalue weighted by molar-refractivity contribution is 0.271. The average molecular weight is 196 g/mol. The first-order chi connectivity index (χ1) is 6.79. The van der Waals surface area contributed by atoms with Crippen LogP contribution in [0.4, 0.5) is 4.39 Å². The van der Waals surface area contributed by atoms with Gasteiger partial charge in [-0.15, -0.1) is 0 Å². The zero-order chi connectivity index (χ0) is 9.97. The van der Waals surface area contributed by atoms with Crippen LogP contribution in [0.15, 0.2) is 18.2 Å². The summed E-state index contributed by atoms with van der Waals surface area (Å²) in [6, 6.07) is 4.47. The molecule has 2 rings (SSSR count). The second kappa shape index (κ2) is 3.96. The Morgan fingerprint density at radius 1 is 1.43 bits per heavy atom. The summed E-state index contributed by atoms with van der Waals surface area (Å²) < 4.78 is 18.4. The molecule has 0 aliphatic heterocycles. The Kier molecular flexibility index (Phi) is 2.68. The maximum Gasteiger partial charge on any atom is 0.128 e. The molecule has 0 aromatic heterocycles. The highest BCUT2D eigenvalue weighted by Crippen LogP contribution is 2.29. The van der Waals surface area contributed by atoms with E-state index in [-0.39, 0.29) is 12.4 Å². The number of hydrogen-bond acceptors (Lipinski definition) is 2. The topological polar surface area (TPSA) is 29.5 Å². The zero-order valence-electron chi connectivity index (χ0n) is 7.87. The molecule has 0 radical (unpaired) electrons. The van der Waals surface area contributed by atoms with Gasteiger partial charge in [-0.3, -0.25) is 0 Å². The molecule has 0 amide bonds. The van der Waals surface area contributed by atoms with E-state index in [0.29, 0.717) is 23.8 Å². The highest BCUT2D eigenvalue weighted by Gasteiger charge is 2.21. The highest BCUT2D eigenvalue weighted by atomic mass is 19.1. The molecule has 1 N–H and O–H groups in total. The third-order valence-corrected chi connectivity index (χ3v) is 2.37. The van der Waals surface area contributed by atoms with Crippen molar-refractivity contribution in [3.05, 3.63) is 29.6 Å². The van der Waals surface area contributed by atoms with Crippen molar-refractivity contribution in [3.8, 4) is 5.75 Å². The van der Waals surface area contributed by atoms with Gasteiger partial charge in [0.15, 0.2) is 0 Å². The number of ether oxygens (including phenoxy) is 1. The number of rotatable bonds is 4. The minimum absolute atomic E-state index is 0.285. The summed E-state index contributed by atoms with van der Waals surface area (Å²) in [7, 11) is 0. The molecule has 0 spiro atoms. The summed E-state index contributed by atoms with van der Waals surface area (Å²) in [5, 5.41) is 8.84. The predicted octanol–water partition coefficient (Wildman–Crippen LogP) is 2.11. The van der Waals surface area contributed by atoms with E-state index in [1.54, 1.807) is 12.1 Å². The second-order valence-corrected chi connectivity index (χ2v) is 3.67. The third-order valence-electron chi connectivity index (χ3n) is 2.37. The van der Waals surface area contributed by atoms with E-state index in [9.17, 15) is 4.39 Å². The monoisotopic (exact) mass is 196 g/mol. The second-order valence-electron chi connectivity index (χ2n) is 3.67. The molecule has 14 heavy (non-hydrogen) atoms. The van der Waals surface area contributed by atoms with E-state index in [2.05, 4.69) is 0 Å². The van der Waals surface area contributed by atoms with Crippen molar-refractivity contribution < 1.29 is 14.2 Å². The fourth-order valence-corrected chi connectivity index (χ4v) is 1.26. The lowest BCUT2D eigenvalue weighted by Crippen LogP contribution is -2.00. The van der Waals surface area contributed by atoms with Crippen molar-refractivity contribution in [3.63, 3.8) is 0 Å². The van der Waals surface area contributed by atoms with E-state index >= 15 is 0 Å². The Hall–Kier alpha value is -1.09. The summed E-state index contributed by atoms with van der Waals surface area (Å²) in [5.41, 5.74) is 0.290. The van der Waals surface area contributed by atoms with Gasteiger partial charge >= 0.3 is 0 Å². The smallest absolute Gasteiger partial charge is 0.128 e. The fraction of sp³-hybridized carbons (Fsp3) is 0.455. The van der Waals surface area contributed by atoms with Crippen LogP contribution in [0.25, 0.3) is 0 Å². The van der Waals surface area contributed by atoms with E-state index in [1.165, 1.54) is 18.9 Å². The summed E-state index contributed by atoms with van der Waals surface area (Å²) in [4.78, 5) is 0. The molecule has 0 heterocycles. The summed E-state index contributed by atoms with van der Waals surface area (Å²) in [5.74, 6) is 0.936. The molecule has 1 aromatic rings. The molecule has 3 heteroatoms. The van der Waals surface area contributed by atoms with Crippen LogP contribution in [0.3, 0.4) is 0 Å². The van der Waals surface area contributed by atoms with Crippen LogP contribution >= 0.6 is 0 Å². The Balaban J connectivity index is 2.01. The first-order valence-electron chi connectivity index (χ1n) is 4.81. The zero-order valence-corrected chi connectivity index (χ0v) is 7.87. The molecule has 1 saturated carbocycles. The van der Waals surface area contributed by atoms with Crippen LogP contribution in [0.1, 0.15) is 18.4 Å². The maximum atomic E-state index is 13.0. The minimum atomic E-state index is -0.383. The van der Waals surface area contributed by atoms with Crippen LogP contribution in [-0.2, 0) is 6.61 Å². The SMILES string of the molecule is OCc1cc(OCC2CC2)ccc1F. The van der Waals surface area contributed by atoms with E-state index in [1.807, 2.05) is 0 Å². The van der Waals surface area contributed by atoms with Crippen molar-refractivity contribution in [2.45, 2.75) is 19.4 Å². The highest BCUT2D eigenvalue weighted by molar-refractivity contribution is 5.29. The van der Waals surface area contributed by atoms with Gasteiger partial charge in [-0.1, -0.05) is 0 Å². The summed E-state index contributed by atoms with van der Waals surface area (Å²) >= 11 is 0. The van der Waals surface area contributed by atoms with E-state index in [0.717, 1.165) is 0 Å². The lowest BCUT2D eigenvalue weighted by Gasteiger charge is -2.06. The van der Waals surface area contributed by atoms with Crippen molar-refractivity contribution in [2.24, 2.45) is 5.92 Å². The summed E-state index contributed by atoms with van der Waals surface area (Å²) in [6.07, 6.45) is 2.46. The molecule has 0 unspecified atom stereocenters. The van der Waals surface area contributed by atoms with Gasteiger partial charge in [0.25, 0.3) is 0 Å². The van der Waals surface area contributed by atoms with Gasteiger partial charge in [0.1, 0.15) is 11.6 Å². The quantitative estimate of drug-likeness (QED) is 0.799. The van der Waals surface area contributed by atoms with Crippen LogP contribution in [0.5, 0.6) is 5.75 Å². The molecule has 1 aliphatic rings. The molecule has 76 valence electrons. The van der Waals surface area contributed by atoms with Gasteiger partial charge in [-0.2, -0.15) is 0 Å². The third kappa shape index (κ3) is 2.23. The Morgan fingerprint density at radius 2 is 2.21 bits per heavy atom. The normalized spacial score (nSPS) is 15.6. The van der Waals surface area contributed by atoms with Crippen molar-refractivity contribution >= 4 is 0 Å². The molecular weight excluding hydrogens is 183 g/mol. The fourth-order valence-electron chi connectivity index (χ4n) is 1.26. The van der Waals surface area contributed by atoms with Gasteiger partial charge in [0.2, 0.25) is 0 Å². The average Bonchev–Trinajstić information content (AvgIpc) is 3.00. The van der Waals surface area contributed by atoms with Gasteiger partial charge in [-0.05, 0) is 37.0 Å². The predicted molar refractivity (Wildman–Crippen MR) is 50.5 cm³/mol. The summed E-state index contributed by atoms with van der Waals surface area (Å²) in [6.45, 7) is 0.420. The minimum Gasteiger partial charge on any atom is -0.493 e. The molecular formula is C11H13FO2. The Morgan fingerprint density at radius 3 is 2.86 bits per heavy atom. The number of aliphatic hydroxyl groups excluding tert-OH is 1. The lowest BCUT2D eigenvalue weighted by atomic mass is 10.2. The van der Waals surface area contributed by atoms with Gasteiger partial charge in [-0.25, -0.2) is 4.39 Å². The maximum absolute atomic E-state index is 13.0. The molecule has 0 atom stereocenters. The van der Waals surface area contributed by atoms with Crippen molar-refractivity contribution in [2.75, 3.05) is 6.61 Å². The number of benzene rings is 1. The molecule has 1 fully saturated rings. The van der Waals surface area contributed by atoms with Crippen LogP contribution < -0.4 is 4.74 Å². The number of hydrogen-bond donors (Lipinski definition) is 1. The number of aliphatic hydroxyl groups is 1. The standard InChI is InChI=1S/C11H13FO2/c12-11-4-3-10(5-9(11)6-13)14-7-8-1-2-8/h3-5,8,13H,1-2,6-7H2. The van der Waals surface area contributed by atoms with Crippen LogP contribution in [-0.4, -0.2) is 11.7 Å². The van der Waals surface area contributed by atoms with Crippen molar-refractivity contribution in [1.29, 1.82) is 0 Å². The van der Waals surface area contributed by atoms with Crippen LogP contribution in [0.2, 0.25) is 0 Å². The van der Waals surface area contributed by atoms with Gasteiger partial charge in [0, 0.05) is 5.56 Å². The molecule has 1 aliphatic carbocycles. The molecule has 1 aromatic carbocycles. The van der Waals surface area contributed by atoms with Crippen LogP contribution in [0, 0.1) is 11.7 Å². The Labute approximate surface area is 82.3 Å². The van der Waals surface area contributed by atoms with Gasteiger partial charge < -0.3 is 9.84 Å². The molecule has 2 nitrogen and oxygen atoms in total. The van der Waals surface area contributed by atoms with E-state index in [4.69, 9.17) is 9.84 Å². The van der Waals surface area contributed by atoms with Crippen molar-refractivity contribution in [1.82, 2.24) is 0 Å². The van der Waals surface area contributed by atoms with Gasteiger partial charge in [0.05, 0.1) is 13.2 Å².